The minimum atomic E-state index is -3.46. The lowest BCUT2D eigenvalue weighted by Crippen LogP contribution is -2.26. The Morgan fingerprint density at radius 2 is 1.84 bits per heavy atom. The predicted octanol–water partition coefficient (Wildman–Crippen LogP) is 2.42. The Hall–Kier alpha value is -2.69. The molecule has 2 aromatic carbocycles. The maximum absolute atomic E-state index is 12.3. The number of benzene rings is 2. The van der Waals surface area contributed by atoms with Gasteiger partial charge in [0.05, 0.1) is 10.6 Å². The molecule has 0 bridgehead atoms. The first-order chi connectivity index (χ1) is 14.9. The summed E-state index contributed by atoms with van der Waals surface area (Å²) in [4.78, 5) is 12.5. The first kappa shape index (κ1) is 21.5. The zero-order valence-corrected chi connectivity index (χ0v) is 18.6. The predicted molar refractivity (Wildman–Crippen MR) is 118 cm³/mol. The normalized spacial score (nSPS) is 13.8. The third kappa shape index (κ3) is 5.72. The topological polar surface area (TPSA) is 106 Å². The standard InChI is InChI=1S/C21H23N5O3S2/c1-15-2-8-18(9-3-15)26-14-23-24-21(26)30-13-20(27)22-12-16-4-10-19(11-5-16)31(28,29)25-17-6-7-17/h2-5,8-11,14,17,25H,6-7,12-13H2,1H3,(H,22,27). The number of hydrogen-bond donors (Lipinski definition) is 2. The largest absolute Gasteiger partial charge is 0.351 e. The third-order valence-electron chi connectivity index (χ3n) is 4.78. The van der Waals surface area contributed by atoms with Crippen molar-refractivity contribution in [2.24, 2.45) is 0 Å². The summed E-state index contributed by atoms with van der Waals surface area (Å²) >= 11 is 1.30. The second-order valence-electron chi connectivity index (χ2n) is 7.42. The maximum Gasteiger partial charge on any atom is 0.240 e. The van der Waals surface area contributed by atoms with Crippen molar-refractivity contribution in [3.05, 3.63) is 66.0 Å². The lowest BCUT2D eigenvalue weighted by molar-refractivity contribution is -0.118. The van der Waals surface area contributed by atoms with Crippen LogP contribution in [0.4, 0.5) is 0 Å². The van der Waals surface area contributed by atoms with E-state index in [1.165, 1.54) is 11.8 Å². The van der Waals surface area contributed by atoms with Crippen LogP contribution < -0.4 is 10.0 Å². The molecule has 2 N–H and O–H groups in total. The number of amides is 1. The summed E-state index contributed by atoms with van der Waals surface area (Å²) in [5.41, 5.74) is 2.92. The summed E-state index contributed by atoms with van der Waals surface area (Å²) in [6.07, 6.45) is 3.41. The highest BCUT2D eigenvalue weighted by atomic mass is 32.2. The molecule has 10 heteroatoms. The van der Waals surface area contributed by atoms with Crippen LogP contribution in [0.5, 0.6) is 0 Å². The van der Waals surface area contributed by atoms with Crippen LogP contribution in [-0.2, 0) is 21.4 Å². The molecule has 4 rings (SSSR count). The third-order valence-corrected chi connectivity index (χ3v) is 7.26. The van der Waals surface area contributed by atoms with E-state index in [1.54, 1.807) is 30.6 Å². The Bertz CT molecular complexity index is 1150. The summed E-state index contributed by atoms with van der Waals surface area (Å²) in [5, 5.41) is 11.5. The molecular weight excluding hydrogens is 434 g/mol. The molecule has 0 aliphatic heterocycles. The molecule has 1 aromatic heterocycles. The van der Waals surface area contributed by atoms with Crippen molar-refractivity contribution < 1.29 is 13.2 Å². The average Bonchev–Trinajstić information content (AvgIpc) is 3.44. The monoisotopic (exact) mass is 457 g/mol. The Morgan fingerprint density at radius 3 is 2.52 bits per heavy atom. The minimum Gasteiger partial charge on any atom is -0.351 e. The van der Waals surface area contributed by atoms with Crippen LogP contribution in [0.2, 0.25) is 0 Å². The molecule has 8 nitrogen and oxygen atoms in total. The first-order valence-corrected chi connectivity index (χ1v) is 12.4. The molecule has 1 amide bonds. The molecule has 1 fully saturated rings. The van der Waals surface area contributed by atoms with E-state index in [0.717, 1.165) is 29.7 Å². The van der Waals surface area contributed by atoms with Crippen LogP contribution >= 0.6 is 11.8 Å². The average molecular weight is 458 g/mol. The van der Waals surface area contributed by atoms with Gasteiger partial charge in [0.25, 0.3) is 0 Å². The van der Waals surface area contributed by atoms with Crippen LogP contribution in [0.3, 0.4) is 0 Å². The van der Waals surface area contributed by atoms with E-state index in [-0.39, 0.29) is 22.6 Å². The van der Waals surface area contributed by atoms with Crippen molar-refractivity contribution in [3.8, 4) is 5.69 Å². The molecule has 1 aliphatic carbocycles. The highest BCUT2D eigenvalue weighted by molar-refractivity contribution is 7.99. The Labute approximate surface area is 185 Å². The fourth-order valence-electron chi connectivity index (χ4n) is 2.86. The zero-order valence-electron chi connectivity index (χ0n) is 17.0. The van der Waals surface area contributed by atoms with Gasteiger partial charge in [-0.3, -0.25) is 9.36 Å². The van der Waals surface area contributed by atoms with Gasteiger partial charge in [-0.1, -0.05) is 41.6 Å². The Morgan fingerprint density at radius 1 is 1.13 bits per heavy atom. The molecule has 3 aromatic rings. The smallest absolute Gasteiger partial charge is 0.240 e. The van der Waals surface area contributed by atoms with Crippen molar-refractivity contribution in [1.29, 1.82) is 0 Å². The van der Waals surface area contributed by atoms with Crippen molar-refractivity contribution >= 4 is 27.7 Å². The van der Waals surface area contributed by atoms with E-state index in [4.69, 9.17) is 0 Å². The number of carbonyl (C=O) groups excluding carboxylic acids is 1. The van der Waals surface area contributed by atoms with Crippen molar-refractivity contribution in [2.45, 2.75) is 42.4 Å². The number of aryl methyl sites for hydroxylation is 1. The SMILES string of the molecule is Cc1ccc(-n2cnnc2SCC(=O)NCc2ccc(S(=O)(=O)NC3CC3)cc2)cc1. The number of carbonyl (C=O) groups is 1. The molecule has 1 aliphatic rings. The molecule has 0 spiro atoms. The number of nitrogens with one attached hydrogen (secondary N) is 2. The quantitative estimate of drug-likeness (QED) is 0.478. The fourth-order valence-corrected chi connectivity index (χ4v) is 4.93. The Balaban J connectivity index is 1.28. The highest BCUT2D eigenvalue weighted by Crippen LogP contribution is 2.22. The first-order valence-electron chi connectivity index (χ1n) is 9.88. The van der Waals surface area contributed by atoms with Gasteiger partial charge in [-0.15, -0.1) is 10.2 Å². The molecular formula is C21H23N5O3S2. The van der Waals surface area contributed by atoms with Gasteiger partial charge >= 0.3 is 0 Å². The van der Waals surface area contributed by atoms with E-state index < -0.39 is 10.0 Å². The second-order valence-corrected chi connectivity index (χ2v) is 10.1. The van der Waals surface area contributed by atoms with Gasteiger partial charge < -0.3 is 5.32 Å². The lowest BCUT2D eigenvalue weighted by Gasteiger charge is -2.09. The molecule has 1 saturated carbocycles. The maximum atomic E-state index is 12.3. The van der Waals surface area contributed by atoms with Crippen LogP contribution in [0.25, 0.3) is 5.69 Å². The Kier molecular flexibility index (Phi) is 6.40. The van der Waals surface area contributed by atoms with E-state index in [0.29, 0.717) is 11.7 Å². The van der Waals surface area contributed by atoms with Crippen LogP contribution in [0.15, 0.2) is 64.9 Å². The molecule has 0 atom stereocenters. The number of hydrogen-bond acceptors (Lipinski definition) is 6. The van der Waals surface area contributed by atoms with Crippen molar-refractivity contribution in [2.75, 3.05) is 5.75 Å². The summed E-state index contributed by atoms with van der Waals surface area (Å²) in [7, 11) is -3.46. The van der Waals surface area contributed by atoms with Gasteiger partial charge in [0.1, 0.15) is 6.33 Å². The van der Waals surface area contributed by atoms with E-state index in [1.807, 2.05) is 35.8 Å². The summed E-state index contributed by atoms with van der Waals surface area (Å²) < 4.78 is 28.9. The van der Waals surface area contributed by atoms with E-state index >= 15 is 0 Å². The van der Waals surface area contributed by atoms with E-state index in [2.05, 4.69) is 20.2 Å². The minimum absolute atomic E-state index is 0.0678. The van der Waals surface area contributed by atoms with Crippen LogP contribution in [-0.4, -0.2) is 40.9 Å². The molecule has 31 heavy (non-hydrogen) atoms. The molecule has 1 heterocycles. The summed E-state index contributed by atoms with van der Waals surface area (Å²) in [5.74, 6) is 0.0537. The van der Waals surface area contributed by atoms with Gasteiger partial charge in [-0.2, -0.15) is 0 Å². The number of rotatable bonds is 9. The van der Waals surface area contributed by atoms with Crippen molar-refractivity contribution in [1.82, 2.24) is 24.8 Å². The number of aromatic nitrogens is 3. The van der Waals surface area contributed by atoms with Crippen LogP contribution in [0, 0.1) is 6.92 Å². The lowest BCUT2D eigenvalue weighted by atomic mass is 10.2. The molecule has 162 valence electrons. The fraction of sp³-hybridized carbons (Fsp3) is 0.286. The van der Waals surface area contributed by atoms with Gasteiger partial charge in [0.2, 0.25) is 15.9 Å². The van der Waals surface area contributed by atoms with Gasteiger partial charge in [0, 0.05) is 18.3 Å². The zero-order chi connectivity index (χ0) is 21.8. The van der Waals surface area contributed by atoms with Gasteiger partial charge in [0.15, 0.2) is 5.16 Å². The molecule has 0 saturated heterocycles. The second kappa shape index (κ2) is 9.21. The highest BCUT2D eigenvalue weighted by Gasteiger charge is 2.27. The van der Waals surface area contributed by atoms with Crippen molar-refractivity contribution in [3.63, 3.8) is 0 Å². The number of thioether (sulfide) groups is 1. The summed E-state index contributed by atoms with van der Waals surface area (Å²) in [6.45, 7) is 2.34. The van der Waals surface area contributed by atoms with Crippen LogP contribution in [0.1, 0.15) is 24.0 Å². The summed E-state index contributed by atoms with van der Waals surface area (Å²) in [6, 6.07) is 14.6. The number of nitrogens with zero attached hydrogens (tertiary/aromatic N) is 3. The molecule has 0 radical (unpaired) electrons. The van der Waals surface area contributed by atoms with E-state index in [9.17, 15) is 13.2 Å². The number of sulfonamides is 1. The molecule has 0 unspecified atom stereocenters. The van der Waals surface area contributed by atoms with Gasteiger partial charge in [-0.05, 0) is 49.6 Å². The van der Waals surface area contributed by atoms with Gasteiger partial charge in [-0.25, -0.2) is 13.1 Å².